The third-order valence-corrected chi connectivity index (χ3v) is 7.15. The van der Waals surface area contributed by atoms with Crippen molar-refractivity contribution in [1.82, 2.24) is 0 Å². The predicted octanol–water partition coefficient (Wildman–Crippen LogP) is 6.58. The summed E-state index contributed by atoms with van der Waals surface area (Å²) < 4.78 is 0. The molecule has 0 saturated heterocycles. The lowest BCUT2D eigenvalue weighted by Crippen LogP contribution is -2.40. The van der Waals surface area contributed by atoms with Crippen molar-refractivity contribution in [2.45, 2.75) is 39.2 Å². The van der Waals surface area contributed by atoms with E-state index in [0.29, 0.717) is 12.0 Å². The number of rotatable bonds is 2. The van der Waals surface area contributed by atoms with E-state index in [-0.39, 0.29) is 11.8 Å². The van der Waals surface area contributed by atoms with Crippen LogP contribution in [0.5, 0.6) is 0 Å². The van der Waals surface area contributed by atoms with Gasteiger partial charge in [-0.05, 0) is 73.5 Å². The smallest absolute Gasteiger partial charge is 0.327 e. The summed E-state index contributed by atoms with van der Waals surface area (Å²) in [6, 6.07) is 16.9. The van der Waals surface area contributed by atoms with E-state index in [4.69, 9.17) is 0 Å². The molecule has 3 aromatic rings. The first kappa shape index (κ1) is 20.5. The van der Waals surface area contributed by atoms with Gasteiger partial charge >= 0.3 is 6.03 Å². The van der Waals surface area contributed by atoms with Crippen molar-refractivity contribution in [1.29, 1.82) is 0 Å². The summed E-state index contributed by atoms with van der Waals surface area (Å²) in [7, 11) is 0. The van der Waals surface area contributed by atoms with Gasteiger partial charge < -0.3 is 10.6 Å². The van der Waals surface area contributed by atoms with Gasteiger partial charge in [-0.25, -0.2) is 4.79 Å². The number of carbonyl (C=O) groups is 2. The second-order valence-electron chi connectivity index (χ2n) is 8.33. The molecule has 0 bridgehead atoms. The first-order chi connectivity index (χ1) is 15.5. The first-order valence-electron chi connectivity index (χ1n) is 10.9. The number of carbonyl (C=O) groups excluding carboxylic acids is 2. The SMILES string of the molecule is Cc1ccc(NC(=O)N2c3ccccc3NC3=C(C(=O)CCC3)[C@H]2c2cccs2)cc1C. The minimum absolute atomic E-state index is 0.105. The number of thiophene rings is 1. The number of para-hydroxylation sites is 2. The van der Waals surface area contributed by atoms with Crippen molar-refractivity contribution >= 4 is 40.2 Å². The summed E-state index contributed by atoms with van der Waals surface area (Å²) in [5.41, 5.74) is 6.24. The fraction of sp³-hybridized carbons (Fsp3) is 0.231. The molecule has 2 aromatic carbocycles. The van der Waals surface area contributed by atoms with E-state index in [0.717, 1.165) is 46.0 Å². The van der Waals surface area contributed by atoms with Gasteiger partial charge in [0.2, 0.25) is 0 Å². The molecule has 2 amide bonds. The maximum Gasteiger partial charge on any atom is 0.327 e. The highest BCUT2D eigenvalue weighted by atomic mass is 32.1. The molecule has 6 heteroatoms. The zero-order valence-corrected chi connectivity index (χ0v) is 19.0. The monoisotopic (exact) mass is 443 g/mol. The zero-order chi connectivity index (χ0) is 22.2. The molecule has 0 fully saturated rings. The number of amides is 2. The van der Waals surface area contributed by atoms with Gasteiger partial charge in [0.05, 0.1) is 11.4 Å². The molecule has 1 aliphatic carbocycles. The molecule has 0 radical (unpaired) electrons. The fourth-order valence-corrected chi connectivity index (χ4v) is 5.30. The van der Waals surface area contributed by atoms with Crippen molar-refractivity contribution < 1.29 is 9.59 Å². The van der Waals surface area contributed by atoms with Crippen LogP contribution in [0.4, 0.5) is 21.9 Å². The number of nitrogens with one attached hydrogen (secondary N) is 2. The molecule has 162 valence electrons. The molecule has 2 heterocycles. The normalized spacial score (nSPS) is 17.9. The molecule has 0 saturated carbocycles. The maximum absolute atomic E-state index is 13.8. The Kier molecular flexibility index (Phi) is 5.31. The second-order valence-corrected chi connectivity index (χ2v) is 9.31. The van der Waals surface area contributed by atoms with E-state index >= 15 is 0 Å². The fourth-order valence-electron chi connectivity index (χ4n) is 4.48. The predicted molar refractivity (Wildman–Crippen MR) is 130 cm³/mol. The van der Waals surface area contributed by atoms with E-state index in [9.17, 15) is 9.59 Å². The average Bonchev–Trinajstić information content (AvgIpc) is 3.25. The van der Waals surface area contributed by atoms with Crippen molar-refractivity contribution in [3.05, 3.63) is 87.3 Å². The highest BCUT2D eigenvalue weighted by Crippen LogP contribution is 2.45. The molecule has 0 spiro atoms. The second kappa shape index (κ2) is 8.28. The summed E-state index contributed by atoms with van der Waals surface area (Å²) in [5.74, 6) is 0.105. The number of Topliss-reactive ketones (excluding diaryl/α,β-unsaturated/α-hetero) is 1. The molecular weight excluding hydrogens is 418 g/mol. The van der Waals surface area contributed by atoms with Crippen molar-refractivity contribution in [2.75, 3.05) is 15.5 Å². The molecule has 32 heavy (non-hydrogen) atoms. The number of benzene rings is 2. The molecule has 0 unspecified atom stereocenters. The standard InChI is InChI=1S/C26H25N3O2S/c1-16-12-13-18(15-17(16)2)27-26(31)29-21-9-4-3-7-19(21)28-20-8-5-10-22(30)24(20)25(29)23-11-6-14-32-23/h3-4,6-7,9,11-15,25,28H,5,8,10H2,1-2H3,(H,27,31)/t25-/m1/s1. The van der Waals surface area contributed by atoms with Crippen LogP contribution in [0.3, 0.4) is 0 Å². The van der Waals surface area contributed by atoms with E-state index in [1.165, 1.54) is 5.56 Å². The van der Waals surface area contributed by atoms with Gasteiger partial charge in [-0.2, -0.15) is 0 Å². The van der Waals surface area contributed by atoms with Gasteiger partial charge in [0.15, 0.2) is 5.78 Å². The minimum Gasteiger partial charge on any atom is -0.357 e. The lowest BCUT2D eigenvalue weighted by Gasteiger charge is -2.33. The molecule has 1 aromatic heterocycles. The zero-order valence-electron chi connectivity index (χ0n) is 18.1. The van der Waals surface area contributed by atoms with E-state index < -0.39 is 6.04 Å². The van der Waals surface area contributed by atoms with Crippen LogP contribution in [0.15, 0.2) is 71.2 Å². The number of fused-ring (bicyclic) bond motifs is 1. The van der Waals surface area contributed by atoms with E-state index in [1.54, 1.807) is 16.2 Å². The van der Waals surface area contributed by atoms with Crippen LogP contribution in [0, 0.1) is 13.8 Å². The van der Waals surface area contributed by atoms with Crippen molar-refractivity contribution in [3.8, 4) is 0 Å². The number of urea groups is 1. The third kappa shape index (κ3) is 3.60. The molecule has 1 atom stereocenters. The Morgan fingerprint density at radius 3 is 2.69 bits per heavy atom. The van der Waals surface area contributed by atoms with Crippen LogP contribution in [0.2, 0.25) is 0 Å². The number of nitrogens with zero attached hydrogens (tertiary/aromatic N) is 1. The number of aryl methyl sites for hydroxylation is 2. The van der Waals surface area contributed by atoms with Crippen LogP contribution in [0.25, 0.3) is 0 Å². The number of hydrogen-bond acceptors (Lipinski definition) is 4. The van der Waals surface area contributed by atoms with Crippen LogP contribution in [0.1, 0.15) is 41.3 Å². The van der Waals surface area contributed by atoms with E-state index in [1.807, 2.05) is 73.8 Å². The number of anilines is 3. The van der Waals surface area contributed by atoms with E-state index in [2.05, 4.69) is 10.6 Å². The first-order valence-corrected chi connectivity index (χ1v) is 11.7. The van der Waals surface area contributed by atoms with Crippen molar-refractivity contribution in [3.63, 3.8) is 0 Å². The molecule has 5 nitrogen and oxygen atoms in total. The Labute approximate surface area is 191 Å². The molecule has 2 aliphatic rings. The quantitative estimate of drug-likeness (QED) is 0.470. The Balaban J connectivity index is 1.66. The van der Waals surface area contributed by atoms with Gasteiger partial charge in [-0.15, -0.1) is 11.3 Å². The summed E-state index contributed by atoms with van der Waals surface area (Å²) >= 11 is 1.57. The average molecular weight is 444 g/mol. The summed E-state index contributed by atoms with van der Waals surface area (Å²) in [5, 5.41) is 8.56. The topological polar surface area (TPSA) is 61.4 Å². The van der Waals surface area contributed by atoms with Crippen LogP contribution >= 0.6 is 11.3 Å². The lowest BCUT2D eigenvalue weighted by molar-refractivity contribution is -0.116. The molecule has 1 aliphatic heterocycles. The van der Waals surface area contributed by atoms with Gasteiger partial charge in [0.25, 0.3) is 0 Å². The van der Waals surface area contributed by atoms with Gasteiger partial charge in [0, 0.05) is 28.3 Å². The van der Waals surface area contributed by atoms with Gasteiger partial charge in [0.1, 0.15) is 6.04 Å². The number of hydrogen-bond donors (Lipinski definition) is 2. The van der Waals surface area contributed by atoms with Crippen LogP contribution in [-0.2, 0) is 4.79 Å². The number of ketones is 1. The van der Waals surface area contributed by atoms with Crippen LogP contribution in [-0.4, -0.2) is 11.8 Å². The van der Waals surface area contributed by atoms with Gasteiger partial charge in [-0.1, -0.05) is 24.3 Å². The molecule has 5 rings (SSSR count). The Morgan fingerprint density at radius 1 is 1.06 bits per heavy atom. The Bertz CT molecular complexity index is 1230. The summed E-state index contributed by atoms with van der Waals surface area (Å²) in [4.78, 5) is 29.7. The largest absolute Gasteiger partial charge is 0.357 e. The molecular formula is C26H25N3O2S. The lowest BCUT2D eigenvalue weighted by atomic mass is 9.88. The Morgan fingerprint density at radius 2 is 1.91 bits per heavy atom. The minimum atomic E-state index is -0.472. The Hall–Kier alpha value is -3.38. The van der Waals surface area contributed by atoms with Crippen molar-refractivity contribution in [2.24, 2.45) is 0 Å². The summed E-state index contributed by atoms with van der Waals surface area (Å²) in [6.45, 7) is 4.08. The molecule has 2 N–H and O–H groups in total. The summed E-state index contributed by atoms with van der Waals surface area (Å²) in [6.07, 6.45) is 2.12. The third-order valence-electron chi connectivity index (χ3n) is 6.23. The van der Waals surface area contributed by atoms with Crippen LogP contribution < -0.4 is 15.5 Å². The maximum atomic E-state index is 13.8. The highest BCUT2D eigenvalue weighted by molar-refractivity contribution is 7.10. The highest BCUT2D eigenvalue weighted by Gasteiger charge is 2.40. The number of allylic oxidation sites excluding steroid dienone is 1. The van der Waals surface area contributed by atoms with Gasteiger partial charge in [-0.3, -0.25) is 9.69 Å².